The van der Waals surface area contributed by atoms with Crippen LogP contribution in [0.4, 0.5) is 33.7 Å². The number of methoxy groups -OCH3 is 2. The van der Waals surface area contributed by atoms with E-state index in [1.54, 1.807) is 43.3 Å². The molecule has 0 unspecified atom stereocenters. The van der Waals surface area contributed by atoms with E-state index >= 15 is 0 Å². The molecule has 1 saturated heterocycles. The fraction of sp³-hybridized carbons (Fsp3) is 0.314. The first-order valence-electron chi connectivity index (χ1n) is 15.9. The van der Waals surface area contributed by atoms with Gasteiger partial charge in [-0.05, 0) is 91.7 Å². The highest BCUT2D eigenvalue weighted by Gasteiger charge is 2.40. The molecule has 1 aliphatic rings. The van der Waals surface area contributed by atoms with Crippen LogP contribution in [0.25, 0.3) is 10.8 Å². The molecule has 0 bridgehead atoms. The fourth-order valence-electron chi connectivity index (χ4n) is 5.73. The van der Waals surface area contributed by atoms with Crippen molar-refractivity contribution in [2.75, 3.05) is 31.1 Å². The summed E-state index contributed by atoms with van der Waals surface area (Å²) in [7, 11) is -1.24. The third-order valence-corrected chi connectivity index (χ3v) is 10.7. The van der Waals surface area contributed by atoms with E-state index in [-0.39, 0.29) is 10.6 Å². The molecule has 3 aromatic carbocycles. The van der Waals surface area contributed by atoms with E-state index in [4.69, 9.17) is 25.2 Å². The summed E-state index contributed by atoms with van der Waals surface area (Å²) in [5.41, 5.74) is 1.58. The summed E-state index contributed by atoms with van der Waals surface area (Å²) in [6, 6.07) is 14.1. The maximum Gasteiger partial charge on any atom is 0.490 e. The van der Waals surface area contributed by atoms with Gasteiger partial charge in [0.1, 0.15) is 6.04 Å². The average Bonchev–Trinajstić information content (AvgIpc) is 3.62. The Labute approximate surface area is 302 Å². The van der Waals surface area contributed by atoms with Crippen molar-refractivity contribution in [3.63, 3.8) is 0 Å². The molecule has 13 nitrogen and oxygen atoms in total. The molecule has 0 saturated carbocycles. The summed E-state index contributed by atoms with van der Waals surface area (Å²) in [5, 5.41) is 12.0. The van der Waals surface area contributed by atoms with Gasteiger partial charge in [-0.2, -0.15) is 13.2 Å². The minimum Gasteiger partial charge on any atom is -0.494 e. The van der Waals surface area contributed by atoms with Crippen LogP contribution in [-0.2, 0) is 24.2 Å². The standard InChI is InChI=1S/C33H36FN5O6S.C2HF3O2/c1-20(2)46(42,43)30-12-9-24(37-33(41)45-4)18-26(30)28-6-5-15-38(28)32(40)31(22-8-11-27(34)29(17-22)44-3)39(35)25-10-7-23-19-36-14-13-21(23)16-25;3-2(4,5)1(6)7/h7-14,16-20,28,31H,5-6,15,35H2,1-4H3,(H,37,41);(H,6,7)/t28-,31+;/m1./s1. The van der Waals surface area contributed by atoms with Crippen molar-refractivity contribution in [1.82, 2.24) is 9.88 Å². The predicted molar refractivity (Wildman–Crippen MR) is 186 cm³/mol. The van der Waals surface area contributed by atoms with Gasteiger partial charge >= 0.3 is 18.2 Å². The SMILES string of the molecule is COC(=O)Nc1ccc(S(=O)(=O)C(C)C)c([C@H]2CCCN2C(=O)[C@H](c2ccc(F)c(OC)c2)N(N)c2ccc3cnccc3c2)c1.O=C(O)C(F)(F)F. The molecule has 0 aliphatic carbocycles. The van der Waals surface area contributed by atoms with E-state index in [1.165, 1.54) is 49.6 Å². The van der Waals surface area contributed by atoms with E-state index in [0.29, 0.717) is 41.9 Å². The number of benzene rings is 3. The summed E-state index contributed by atoms with van der Waals surface area (Å²) in [5.74, 6) is 2.92. The number of pyridine rings is 1. The number of hydrogen-bond donors (Lipinski definition) is 3. The zero-order chi connectivity index (χ0) is 39.2. The first-order valence-corrected chi connectivity index (χ1v) is 17.5. The summed E-state index contributed by atoms with van der Waals surface area (Å²) in [4.78, 5) is 41.4. The number of hydrogen-bond acceptors (Lipinski definition) is 10. The summed E-state index contributed by atoms with van der Waals surface area (Å²) >= 11 is 0. The molecule has 53 heavy (non-hydrogen) atoms. The number of likely N-dealkylation sites (tertiary alicyclic amines) is 1. The number of carboxylic acid groups (broad SMARTS) is 1. The normalized spacial score (nSPS) is 15.0. The number of fused-ring (bicyclic) bond motifs is 1. The van der Waals surface area contributed by atoms with Crippen molar-refractivity contribution < 1.29 is 54.9 Å². The number of sulfone groups is 1. The van der Waals surface area contributed by atoms with Gasteiger partial charge in [0.25, 0.3) is 5.91 Å². The topological polar surface area (TPSA) is 181 Å². The molecule has 0 spiro atoms. The Morgan fingerprint density at radius 2 is 1.74 bits per heavy atom. The third kappa shape index (κ3) is 9.12. The fourth-order valence-corrected chi connectivity index (χ4v) is 7.02. The van der Waals surface area contributed by atoms with Crippen LogP contribution in [-0.4, -0.2) is 73.6 Å². The largest absolute Gasteiger partial charge is 0.494 e. The van der Waals surface area contributed by atoms with Gasteiger partial charge in [0, 0.05) is 30.0 Å². The van der Waals surface area contributed by atoms with Crippen LogP contribution in [0.1, 0.15) is 49.9 Å². The van der Waals surface area contributed by atoms with Gasteiger partial charge in [0.05, 0.1) is 36.1 Å². The molecular weight excluding hydrogens is 726 g/mol. The molecule has 0 radical (unpaired) electrons. The lowest BCUT2D eigenvalue weighted by molar-refractivity contribution is -0.192. The molecule has 4 N–H and O–H groups in total. The number of amides is 2. The molecule has 284 valence electrons. The predicted octanol–water partition coefficient (Wildman–Crippen LogP) is 6.16. The molecule has 18 heteroatoms. The number of rotatable bonds is 9. The number of nitrogens with one attached hydrogen (secondary N) is 1. The van der Waals surface area contributed by atoms with Gasteiger partial charge in [-0.15, -0.1) is 0 Å². The lowest BCUT2D eigenvalue weighted by Crippen LogP contribution is -2.46. The average molecular weight is 764 g/mol. The molecular formula is C35H37F4N5O8S. The highest BCUT2D eigenvalue weighted by molar-refractivity contribution is 7.92. The molecule has 4 aromatic rings. The van der Waals surface area contributed by atoms with E-state index in [9.17, 15) is 35.6 Å². The molecule has 2 amide bonds. The maximum atomic E-state index is 14.7. The number of carbonyl (C=O) groups is 3. The maximum absolute atomic E-state index is 14.7. The number of nitrogens with two attached hydrogens (primary N) is 1. The second-order valence-electron chi connectivity index (χ2n) is 12.1. The van der Waals surface area contributed by atoms with Crippen LogP contribution in [0, 0.1) is 5.82 Å². The Hall–Kier alpha value is -5.49. The number of ether oxygens (including phenoxy) is 2. The number of carbonyl (C=O) groups excluding carboxylic acids is 2. The Morgan fingerprint density at radius 3 is 2.36 bits per heavy atom. The smallest absolute Gasteiger partial charge is 0.490 e. The number of aliphatic carboxylic acids is 1. The summed E-state index contributed by atoms with van der Waals surface area (Å²) < 4.78 is 83.3. The first-order chi connectivity index (χ1) is 24.9. The van der Waals surface area contributed by atoms with Crippen molar-refractivity contribution in [2.24, 2.45) is 5.84 Å². The van der Waals surface area contributed by atoms with Gasteiger partial charge in [0.2, 0.25) is 0 Å². The summed E-state index contributed by atoms with van der Waals surface area (Å²) in [6.45, 7) is 3.48. The minimum absolute atomic E-state index is 0.0573. The number of anilines is 2. The number of halogens is 4. The second-order valence-corrected chi connectivity index (χ2v) is 14.5. The van der Waals surface area contributed by atoms with Gasteiger partial charge in [-0.25, -0.2) is 28.2 Å². The zero-order valence-electron chi connectivity index (χ0n) is 28.9. The molecule has 5 rings (SSSR count). The number of carboxylic acids is 1. The van der Waals surface area contributed by atoms with Crippen LogP contribution in [0.5, 0.6) is 5.75 Å². The summed E-state index contributed by atoms with van der Waals surface area (Å²) in [6.07, 6.45) is -1.39. The monoisotopic (exact) mass is 763 g/mol. The van der Waals surface area contributed by atoms with Crippen LogP contribution < -0.4 is 20.9 Å². The van der Waals surface area contributed by atoms with Gasteiger partial charge in [-0.1, -0.05) is 12.1 Å². The number of aromatic nitrogens is 1. The Kier molecular flexibility index (Phi) is 12.5. The number of nitrogens with zero attached hydrogens (tertiary/aromatic N) is 3. The molecule has 2 atom stereocenters. The van der Waals surface area contributed by atoms with E-state index in [2.05, 4.69) is 10.3 Å². The van der Waals surface area contributed by atoms with Crippen molar-refractivity contribution in [3.05, 3.63) is 90.0 Å². The van der Waals surface area contributed by atoms with Crippen molar-refractivity contribution in [2.45, 2.75) is 55.1 Å². The Balaban J connectivity index is 0.000000815. The highest BCUT2D eigenvalue weighted by Crippen LogP contribution is 2.41. The van der Waals surface area contributed by atoms with Crippen molar-refractivity contribution in [3.8, 4) is 5.75 Å². The van der Waals surface area contributed by atoms with E-state index in [1.807, 2.05) is 18.2 Å². The second kappa shape index (κ2) is 16.5. The number of alkyl halides is 3. The highest BCUT2D eigenvalue weighted by atomic mass is 32.2. The Morgan fingerprint density at radius 1 is 1.04 bits per heavy atom. The van der Waals surface area contributed by atoms with E-state index in [0.717, 1.165) is 10.8 Å². The lowest BCUT2D eigenvalue weighted by Gasteiger charge is -2.35. The van der Waals surface area contributed by atoms with Crippen LogP contribution >= 0.6 is 0 Å². The van der Waals surface area contributed by atoms with Crippen LogP contribution in [0.15, 0.2) is 78.0 Å². The van der Waals surface area contributed by atoms with Crippen LogP contribution in [0.3, 0.4) is 0 Å². The molecule has 2 heterocycles. The zero-order valence-corrected chi connectivity index (χ0v) is 29.7. The Bertz CT molecular complexity index is 2100. The molecule has 1 aliphatic heterocycles. The first kappa shape index (κ1) is 40.3. The van der Waals surface area contributed by atoms with Gasteiger partial charge in [-0.3, -0.25) is 20.1 Å². The van der Waals surface area contributed by atoms with Crippen LogP contribution in [0.2, 0.25) is 0 Å². The van der Waals surface area contributed by atoms with Crippen molar-refractivity contribution in [1.29, 1.82) is 0 Å². The third-order valence-electron chi connectivity index (χ3n) is 8.43. The van der Waals surface area contributed by atoms with E-state index < -0.39 is 57.1 Å². The molecule has 1 fully saturated rings. The van der Waals surface area contributed by atoms with Gasteiger partial charge in [0.15, 0.2) is 21.4 Å². The molecule has 1 aromatic heterocycles. The minimum atomic E-state index is -5.08. The lowest BCUT2D eigenvalue weighted by atomic mass is 10.00. The van der Waals surface area contributed by atoms with Gasteiger partial charge < -0.3 is 19.5 Å². The quantitative estimate of drug-likeness (QED) is 0.101. The van der Waals surface area contributed by atoms with Crippen molar-refractivity contribution >= 4 is 50.0 Å². The number of hydrazine groups is 1.